The zero-order chi connectivity index (χ0) is 19.2. The van der Waals surface area contributed by atoms with Gasteiger partial charge in [0.1, 0.15) is 6.04 Å². The first-order chi connectivity index (χ1) is 11.9. The first-order valence-electron chi connectivity index (χ1n) is 9.28. The predicted octanol–water partition coefficient (Wildman–Crippen LogP) is 2.09. The second-order valence-electron chi connectivity index (χ2n) is 6.16. The molecule has 0 bridgehead atoms. The summed E-state index contributed by atoms with van der Waals surface area (Å²) in [5, 5.41) is 13.7. The molecule has 0 saturated heterocycles. The molecule has 1 fully saturated rings. The van der Waals surface area contributed by atoms with Crippen LogP contribution < -0.4 is 10.6 Å². The van der Waals surface area contributed by atoms with E-state index in [4.69, 9.17) is 9.84 Å². The van der Waals surface area contributed by atoms with E-state index in [-0.39, 0.29) is 18.9 Å². The highest BCUT2D eigenvalue weighted by molar-refractivity contribution is 5.87. The highest BCUT2D eigenvalue weighted by atomic mass is 16.5. The Balaban J connectivity index is 0.00000277. The van der Waals surface area contributed by atoms with Crippen LogP contribution in [0.25, 0.3) is 0 Å². The SMILES string of the molecule is CC.CC(=O)NC(C(=O)NCCC(=O)O)C(C)OCC1CCCCC1. The fraction of sp³-hybridized carbons (Fsp3) is 0.833. The number of ether oxygens (including phenoxy) is 1. The van der Waals surface area contributed by atoms with E-state index in [2.05, 4.69) is 10.6 Å². The van der Waals surface area contributed by atoms with Crippen LogP contribution in [0.15, 0.2) is 0 Å². The Morgan fingerprint density at radius 2 is 1.76 bits per heavy atom. The van der Waals surface area contributed by atoms with Crippen molar-refractivity contribution in [1.82, 2.24) is 10.6 Å². The fourth-order valence-electron chi connectivity index (χ4n) is 2.76. The summed E-state index contributed by atoms with van der Waals surface area (Å²) in [4.78, 5) is 34.0. The third kappa shape index (κ3) is 10.8. The minimum absolute atomic E-state index is 0.0274. The van der Waals surface area contributed by atoms with E-state index in [1.165, 1.54) is 26.2 Å². The molecule has 0 spiro atoms. The van der Waals surface area contributed by atoms with Gasteiger partial charge in [-0.15, -0.1) is 0 Å². The number of aliphatic carboxylic acids is 1. The smallest absolute Gasteiger partial charge is 0.305 e. The van der Waals surface area contributed by atoms with Crippen LogP contribution in [0.1, 0.15) is 66.2 Å². The molecular weight excluding hydrogens is 324 g/mol. The van der Waals surface area contributed by atoms with Crippen molar-refractivity contribution < 1.29 is 24.2 Å². The molecule has 2 atom stereocenters. The number of rotatable bonds is 9. The Kier molecular flexibility index (Phi) is 12.7. The minimum Gasteiger partial charge on any atom is -0.481 e. The summed E-state index contributed by atoms with van der Waals surface area (Å²) < 4.78 is 5.80. The average molecular weight is 358 g/mol. The normalized spacial score (nSPS) is 16.8. The van der Waals surface area contributed by atoms with Gasteiger partial charge in [0.15, 0.2) is 0 Å². The van der Waals surface area contributed by atoms with Gasteiger partial charge in [0.05, 0.1) is 12.5 Å². The van der Waals surface area contributed by atoms with Gasteiger partial charge in [-0.2, -0.15) is 0 Å². The van der Waals surface area contributed by atoms with Crippen LogP contribution in [0, 0.1) is 5.92 Å². The molecule has 0 aromatic rings. The van der Waals surface area contributed by atoms with Gasteiger partial charge in [-0.25, -0.2) is 0 Å². The lowest BCUT2D eigenvalue weighted by atomic mass is 9.90. The first kappa shape index (κ1) is 23.4. The summed E-state index contributed by atoms with van der Waals surface area (Å²) in [6, 6.07) is -0.815. The number of carbonyl (C=O) groups is 3. The zero-order valence-corrected chi connectivity index (χ0v) is 16.0. The largest absolute Gasteiger partial charge is 0.481 e. The maximum atomic E-state index is 12.2. The summed E-state index contributed by atoms with van der Waals surface area (Å²) in [5.74, 6) is -1.21. The topological polar surface area (TPSA) is 105 Å². The molecule has 0 heterocycles. The Morgan fingerprint density at radius 1 is 1.16 bits per heavy atom. The number of hydrogen-bond donors (Lipinski definition) is 3. The Hall–Kier alpha value is -1.63. The van der Waals surface area contributed by atoms with Crippen LogP contribution >= 0.6 is 0 Å². The van der Waals surface area contributed by atoms with Crippen molar-refractivity contribution in [2.75, 3.05) is 13.2 Å². The highest BCUT2D eigenvalue weighted by Gasteiger charge is 2.27. The second kappa shape index (κ2) is 13.6. The molecule has 0 radical (unpaired) electrons. The Morgan fingerprint density at radius 3 is 2.28 bits per heavy atom. The number of carboxylic acid groups (broad SMARTS) is 1. The lowest BCUT2D eigenvalue weighted by Gasteiger charge is -2.27. The number of carbonyl (C=O) groups excluding carboxylic acids is 2. The fourth-order valence-corrected chi connectivity index (χ4v) is 2.76. The molecular formula is C18H34N2O5. The van der Waals surface area contributed by atoms with E-state index >= 15 is 0 Å². The quantitative estimate of drug-likeness (QED) is 0.585. The van der Waals surface area contributed by atoms with Gasteiger partial charge >= 0.3 is 5.97 Å². The Bertz CT molecular complexity index is 408. The van der Waals surface area contributed by atoms with Crippen molar-refractivity contribution in [2.45, 2.75) is 78.4 Å². The molecule has 7 nitrogen and oxygen atoms in total. The first-order valence-corrected chi connectivity index (χ1v) is 9.28. The van der Waals surface area contributed by atoms with Gasteiger partial charge in [-0.1, -0.05) is 33.1 Å². The van der Waals surface area contributed by atoms with Crippen molar-refractivity contribution in [1.29, 1.82) is 0 Å². The molecule has 3 N–H and O–H groups in total. The van der Waals surface area contributed by atoms with Crippen molar-refractivity contribution in [3.05, 3.63) is 0 Å². The van der Waals surface area contributed by atoms with Gasteiger partial charge in [0.2, 0.25) is 11.8 Å². The van der Waals surface area contributed by atoms with Crippen molar-refractivity contribution in [2.24, 2.45) is 5.92 Å². The molecule has 25 heavy (non-hydrogen) atoms. The van der Waals surface area contributed by atoms with Gasteiger partial charge in [0.25, 0.3) is 0 Å². The van der Waals surface area contributed by atoms with E-state index in [0.717, 1.165) is 12.8 Å². The predicted molar refractivity (Wildman–Crippen MR) is 96.2 cm³/mol. The minimum atomic E-state index is -0.983. The van der Waals surface area contributed by atoms with Crippen LogP contribution in [-0.2, 0) is 19.1 Å². The standard InChI is InChI=1S/C16H28N2O5.C2H6/c1-11(23-10-13-6-4-3-5-7-13)15(18-12(2)19)16(22)17-9-8-14(20)21;1-2/h11,13,15H,3-10H2,1-2H3,(H,17,22)(H,18,19)(H,20,21);1-2H3. The third-order valence-electron chi connectivity index (χ3n) is 4.07. The molecule has 0 aliphatic heterocycles. The third-order valence-corrected chi connectivity index (χ3v) is 4.07. The maximum Gasteiger partial charge on any atom is 0.305 e. The lowest BCUT2D eigenvalue weighted by molar-refractivity contribution is -0.137. The molecule has 0 aromatic heterocycles. The van der Waals surface area contributed by atoms with Crippen molar-refractivity contribution in [3.8, 4) is 0 Å². The molecule has 7 heteroatoms. The van der Waals surface area contributed by atoms with Crippen LogP contribution in [-0.4, -0.2) is 48.2 Å². The molecule has 1 rings (SSSR count). The second-order valence-corrected chi connectivity index (χ2v) is 6.16. The van der Waals surface area contributed by atoms with E-state index < -0.39 is 24.0 Å². The summed E-state index contributed by atoms with van der Waals surface area (Å²) in [7, 11) is 0. The monoisotopic (exact) mass is 358 g/mol. The van der Waals surface area contributed by atoms with E-state index in [1.807, 2.05) is 13.8 Å². The molecule has 0 aromatic carbocycles. The lowest BCUT2D eigenvalue weighted by Crippen LogP contribution is -2.53. The number of nitrogens with one attached hydrogen (secondary N) is 2. The molecule has 146 valence electrons. The Labute approximate surface area is 150 Å². The molecule has 2 amide bonds. The van der Waals surface area contributed by atoms with E-state index in [0.29, 0.717) is 12.5 Å². The van der Waals surface area contributed by atoms with E-state index in [9.17, 15) is 14.4 Å². The van der Waals surface area contributed by atoms with Crippen molar-refractivity contribution in [3.63, 3.8) is 0 Å². The molecule has 1 aliphatic carbocycles. The van der Waals surface area contributed by atoms with Crippen molar-refractivity contribution >= 4 is 17.8 Å². The van der Waals surface area contributed by atoms with Crippen LogP contribution in [0.2, 0.25) is 0 Å². The highest BCUT2D eigenvalue weighted by Crippen LogP contribution is 2.24. The summed E-state index contributed by atoms with van der Waals surface area (Å²) in [6.45, 7) is 7.70. The van der Waals surface area contributed by atoms with Gasteiger partial charge < -0.3 is 20.5 Å². The summed E-state index contributed by atoms with van der Waals surface area (Å²) in [6.07, 6.45) is 5.36. The maximum absolute atomic E-state index is 12.2. The molecule has 2 unspecified atom stereocenters. The van der Waals surface area contributed by atoms with E-state index in [1.54, 1.807) is 6.92 Å². The number of carboxylic acids is 1. The summed E-state index contributed by atoms with van der Waals surface area (Å²) >= 11 is 0. The van der Waals surface area contributed by atoms with Crippen LogP contribution in [0.3, 0.4) is 0 Å². The molecule has 1 saturated carbocycles. The van der Waals surface area contributed by atoms with Gasteiger partial charge in [-0.3, -0.25) is 14.4 Å². The zero-order valence-electron chi connectivity index (χ0n) is 16.0. The van der Waals surface area contributed by atoms with Crippen LogP contribution in [0.4, 0.5) is 0 Å². The average Bonchev–Trinajstić information content (AvgIpc) is 2.59. The van der Waals surface area contributed by atoms with Gasteiger partial charge in [0, 0.05) is 20.1 Å². The van der Waals surface area contributed by atoms with Crippen LogP contribution in [0.5, 0.6) is 0 Å². The number of hydrogen-bond acceptors (Lipinski definition) is 4. The van der Waals surface area contributed by atoms with Gasteiger partial charge in [-0.05, 0) is 25.7 Å². The summed E-state index contributed by atoms with van der Waals surface area (Å²) in [5.41, 5.74) is 0. The molecule has 1 aliphatic rings. The number of amides is 2.